The molecule has 0 aliphatic heterocycles. The van der Waals surface area contributed by atoms with Crippen LogP contribution in [0.15, 0.2) is 28.9 Å². The van der Waals surface area contributed by atoms with Crippen molar-refractivity contribution < 1.29 is 4.79 Å². The number of benzene rings is 1. The minimum absolute atomic E-state index is 0.0766. The number of aromatic nitrogens is 2. The van der Waals surface area contributed by atoms with Gasteiger partial charge < -0.3 is 0 Å². The average Bonchev–Trinajstić information content (AvgIpc) is 2.46. The van der Waals surface area contributed by atoms with E-state index >= 15 is 0 Å². The van der Waals surface area contributed by atoms with E-state index in [1.54, 1.807) is 6.20 Å². The Hall–Kier alpha value is -1.16. The molecule has 0 saturated heterocycles. The van der Waals surface area contributed by atoms with Crippen molar-refractivity contribution in [2.24, 2.45) is 0 Å². The molecule has 66 valence electrons. The minimum Gasteiger partial charge on any atom is -0.273 e. The topological polar surface area (TPSA) is 34.9 Å². The first-order valence-corrected chi connectivity index (χ1v) is 4.62. The Bertz CT molecular complexity index is 475. The Morgan fingerprint density at radius 1 is 1.54 bits per heavy atom. The van der Waals surface area contributed by atoms with Crippen LogP contribution in [-0.4, -0.2) is 15.7 Å². The van der Waals surface area contributed by atoms with Gasteiger partial charge in [-0.1, -0.05) is 15.9 Å². The van der Waals surface area contributed by atoms with E-state index in [-0.39, 0.29) is 5.91 Å². The monoisotopic (exact) mass is 238 g/mol. The number of fused-ring (bicyclic) bond motifs is 1. The molecule has 0 aliphatic rings. The fourth-order valence-corrected chi connectivity index (χ4v) is 1.54. The molecular formula is C9H7BrN2O. The van der Waals surface area contributed by atoms with Crippen LogP contribution in [0.3, 0.4) is 0 Å². The minimum atomic E-state index is -0.0766. The second-order valence-electron chi connectivity index (χ2n) is 2.80. The molecule has 13 heavy (non-hydrogen) atoms. The third-order valence-electron chi connectivity index (χ3n) is 1.79. The number of rotatable bonds is 0. The van der Waals surface area contributed by atoms with Gasteiger partial charge in [0.05, 0.1) is 5.52 Å². The summed E-state index contributed by atoms with van der Waals surface area (Å²) in [5.41, 5.74) is 0.832. The van der Waals surface area contributed by atoms with Crippen molar-refractivity contribution in [3.63, 3.8) is 0 Å². The standard InChI is InChI=1S/C9H7BrN2O/c1-6(13)12-5-7-4-8(10)2-3-9(7)11-12/h2-5H,1H3. The zero-order valence-electron chi connectivity index (χ0n) is 6.99. The zero-order valence-corrected chi connectivity index (χ0v) is 8.58. The molecule has 0 atom stereocenters. The van der Waals surface area contributed by atoms with E-state index in [1.807, 2.05) is 18.2 Å². The predicted octanol–water partition coefficient (Wildman–Crippen LogP) is 2.46. The largest absolute Gasteiger partial charge is 0.273 e. The first-order chi connectivity index (χ1) is 6.16. The number of halogens is 1. The van der Waals surface area contributed by atoms with Gasteiger partial charge in [0.15, 0.2) is 0 Å². The summed E-state index contributed by atoms with van der Waals surface area (Å²) in [4.78, 5) is 11.0. The summed E-state index contributed by atoms with van der Waals surface area (Å²) >= 11 is 3.36. The van der Waals surface area contributed by atoms with E-state index in [4.69, 9.17) is 0 Å². The van der Waals surface area contributed by atoms with Crippen molar-refractivity contribution >= 4 is 32.7 Å². The molecule has 0 amide bonds. The van der Waals surface area contributed by atoms with Gasteiger partial charge in [-0.05, 0) is 18.2 Å². The lowest BCUT2D eigenvalue weighted by Crippen LogP contribution is -2.04. The van der Waals surface area contributed by atoms with Crippen molar-refractivity contribution in [1.29, 1.82) is 0 Å². The molecule has 1 heterocycles. The van der Waals surface area contributed by atoms with Crippen LogP contribution in [0, 0.1) is 0 Å². The molecule has 0 saturated carbocycles. The number of carbonyl (C=O) groups excluding carboxylic acids is 1. The quantitative estimate of drug-likeness (QED) is 0.707. The zero-order chi connectivity index (χ0) is 9.42. The third-order valence-corrected chi connectivity index (χ3v) is 2.28. The van der Waals surface area contributed by atoms with Gasteiger partial charge in [0, 0.05) is 23.0 Å². The lowest BCUT2D eigenvalue weighted by molar-refractivity contribution is 0.0922. The van der Waals surface area contributed by atoms with E-state index in [0.717, 1.165) is 15.4 Å². The number of carbonyl (C=O) groups is 1. The van der Waals surface area contributed by atoms with Crippen LogP contribution in [0.25, 0.3) is 10.9 Å². The first kappa shape index (κ1) is 8.44. The van der Waals surface area contributed by atoms with Crippen molar-refractivity contribution in [3.8, 4) is 0 Å². The summed E-state index contributed by atoms with van der Waals surface area (Å²) in [6.07, 6.45) is 1.72. The fourth-order valence-electron chi connectivity index (χ4n) is 1.16. The van der Waals surface area contributed by atoms with Crippen LogP contribution in [-0.2, 0) is 0 Å². The molecule has 0 bridgehead atoms. The SMILES string of the molecule is CC(=O)n1cc2cc(Br)ccc2n1. The Balaban J connectivity index is 2.68. The average molecular weight is 239 g/mol. The highest BCUT2D eigenvalue weighted by Gasteiger charge is 2.03. The second-order valence-corrected chi connectivity index (χ2v) is 3.71. The molecule has 1 aromatic carbocycles. The van der Waals surface area contributed by atoms with E-state index in [1.165, 1.54) is 11.6 Å². The molecule has 1 aromatic heterocycles. The van der Waals surface area contributed by atoms with Gasteiger partial charge >= 0.3 is 0 Å². The lowest BCUT2D eigenvalue weighted by atomic mass is 10.3. The summed E-state index contributed by atoms with van der Waals surface area (Å²) in [5.74, 6) is -0.0766. The number of hydrogen-bond donors (Lipinski definition) is 0. The molecule has 0 N–H and O–H groups in total. The summed E-state index contributed by atoms with van der Waals surface area (Å²) in [7, 11) is 0. The highest BCUT2D eigenvalue weighted by Crippen LogP contribution is 2.18. The van der Waals surface area contributed by atoms with Crippen LogP contribution in [0.4, 0.5) is 0 Å². The van der Waals surface area contributed by atoms with E-state index < -0.39 is 0 Å². The maximum Gasteiger partial charge on any atom is 0.243 e. The third kappa shape index (κ3) is 1.49. The normalized spacial score (nSPS) is 10.6. The van der Waals surface area contributed by atoms with Crippen molar-refractivity contribution in [2.75, 3.05) is 0 Å². The molecule has 0 radical (unpaired) electrons. The Labute approximate surface area is 83.5 Å². The van der Waals surface area contributed by atoms with Gasteiger partial charge in [-0.25, -0.2) is 4.68 Å². The van der Waals surface area contributed by atoms with E-state index in [0.29, 0.717) is 0 Å². The van der Waals surface area contributed by atoms with Crippen LogP contribution < -0.4 is 0 Å². The lowest BCUT2D eigenvalue weighted by Gasteiger charge is -1.87. The van der Waals surface area contributed by atoms with Crippen LogP contribution in [0.1, 0.15) is 11.7 Å². The Morgan fingerprint density at radius 3 is 3.00 bits per heavy atom. The molecule has 0 unspecified atom stereocenters. The Morgan fingerprint density at radius 2 is 2.31 bits per heavy atom. The van der Waals surface area contributed by atoms with Gasteiger partial charge in [0.2, 0.25) is 5.91 Å². The molecular weight excluding hydrogens is 232 g/mol. The van der Waals surface area contributed by atoms with Crippen LogP contribution in [0.5, 0.6) is 0 Å². The number of nitrogens with zero attached hydrogens (tertiary/aromatic N) is 2. The summed E-state index contributed by atoms with van der Waals surface area (Å²) in [5, 5.41) is 5.06. The predicted molar refractivity (Wildman–Crippen MR) is 53.7 cm³/mol. The summed E-state index contributed by atoms with van der Waals surface area (Å²) in [6, 6.07) is 5.71. The van der Waals surface area contributed by atoms with Gasteiger partial charge in [-0.3, -0.25) is 4.79 Å². The smallest absolute Gasteiger partial charge is 0.243 e. The van der Waals surface area contributed by atoms with Gasteiger partial charge in [-0.15, -0.1) is 0 Å². The first-order valence-electron chi connectivity index (χ1n) is 3.83. The fraction of sp³-hybridized carbons (Fsp3) is 0.111. The number of hydrogen-bond acceptors (Lipinski definition) is 2. The van der Waals surface area contributed by atoms with Crippen molar-refractivity contribution in [1.82, 2.24) is 9.78 Å². The molecule has 3 nitrogen and oxygen atoms in total. The van der Waals surface area contributed by atoms with E-state index in [9.17, 15) is 4.79 Å². The maximum atomic E-state index is 11.0. The molecule has 0 fully saturated rings. The molecule has 2 rings (SSSR count). The maximum absolute atomic E-state index is 11.0. The van der Waals surface area contributed by atoms with Gasteiger partial charge in [0.1, 0.15) is 0 Å². The molecule has 0 spiro atoms. The second kappa shape index (κ2) is 2.96. The van der Waals surface area contributed by atoms with Crippen molar-refractivity contribution in [2.45, 2.75) is 6.92 Å². The molecule has 4 heteroatoms. The van der Waals surface area contributed by atoms with Crippen LogP contribution in [0.2, 0.25) is 0 Å². The van der Waals surface area contributed by atoms with Gasteiger partial charge in [0.25, 0.3) is 0 Å². The van der Waals surface area contributed by atoms with Gasteiger partial charge in [-0.2, -0.15) is 5.10 Å². The van der Waals surface area contributed by atoms with Crippen LogP contribution >= 0.6 is 15.9 Å². The van der Waals surface area contributed by atoms with E-state index in [2.05, 4.69) is 21.0 Å². The summed E-state index contributed by atoms with van der Waals surface area (Å²) < 4.78 is 2.33. The highest BCUT2D eigenvalue weighted by atomic mass is 79.9. The summed E-state index contributed by atoms with van der Waals surface area (Å²) in [6.45, 7) is 1.49. The highest BCUT2D eigenvalue weighted by molar-refractivity contribution is 9.10. The Kier molecular flexibility index (Phi) is 1.92. The van der Waals surface area contributed by atoms with Crippen molar-refractivity contribution in [3.05, 3.63) is 28.9 Å². The molecule has 0 aliphatic carbocycles. The molecule has 2 aromatic rings.